The summed E-state index contributed by atoms with van der Waals surface area (Å²) in [5.74, 6) is 2.33. The summed E-state index contributed by atoms with van der Waals surface area (Å²) >= 11 is 0. The lowest BCUT2D eigenvalue weighted by molar-refractivity contribution is 0.787. The summed E-state index contributed by atoms with van der Waals surface area (Å²) < 4.78 is 0. The number of aromatic nitrogens is 1. The predicted molar refractivity (Wildman–Crippen MR) is 54.4 cm³/mol. The highest BCUT2D eigenvalue weighted by molar-refractivity contribution is 5.45. The van der Waals surface area contributed by atoms with Gasteiger partial charge in [0.15, 0.2) is 0 Å². The average Bonchev–Trinajstić information content (AvgIpc) is 2.81. The minimum atomic E-state index is 0.574. The van der Waals surface area contributed by atoms with E-state index in [-0.39, 0.29) is 0 Å². The number of nitrogens with one attached hydrogen (secondary N) is 1. The highest BCUT2D eigenvalue weighted by atomic mass is 14.9. The zero-order valence-corrected chi connectivity index (χ0v) is 7.83. The molecule has 0 aliphatic heterocycles. The normalized spacial score (nSPS) is 25.6. The molecule has 0 bridgehead atoms. The van der Waals surface area contributed by atoms with E-state index < -0.39 is 0 Å². The molecule has 2 atom stereocenters. The van der Waals surface area contributed by atoms with E-state index in [2.05, 4.69) is 17.2 Å². The standard InChI is InChI=1S/C10H15N3/c1-7-4-8(7)5-12-9-2-3-10(11)13-6-9/h2-3,6-8,12H,4-5H2,1H3,(H2,11,13). The maximum absolute atomic E-state index is 5.48. The largest absolute Gasteiger partial charge is 0.384 e. The van der Waals surface area contributed by atoms with E-state index in [1.165, 1.54) is 6.42 Å². The molecule has 0 spiro atoms. The van der Waals surface area contributed by atoms with Crippen LogP contribution in [0.25, 0.3) is 0 Å². The highest BCUT2D eigenvalue weighted by Crippen LogP contribution is 2.37. The summed E-state index contributed by atoms with van der Waals surface area (Å²) in [5, 5.41) is 3.35. The fraction of sp³-hybridized carbons (Fsp3) is 0.500. The zero-order chi connectivity index (χ0) is 9.26. The van der Waals surface area contributed by atoms with Crippen molar-refractivity contribution in [2.45, 2.75) is 13.3 Å². The summed E-state index contributed by atoms with van der Waals surface area (Å²) in [6, 6.07) is 3.79. The fourth-order valence-corrected chi connectivity index (χ4v) is 1.44. The molecule has 1 aliphatic carbocycles. The molecule has 0 aromatic carbocycles. The van der Waals surface area contributed by atoms with Crippen LogP contribution < -0.4 is 11.1 Å². The summed E-state index contributed by atoms with van der Waals surface area (Å²) in [6.45, 7) is 3.35. The fourth-order valence-electron chi connectivity index (χ4n) is 1.44. The summed E-state index contributed by atoms with van der Waals surface area (Å²) in [4.78, 5) is 4.01. The van der Waals surface area contributed by atoms with E-state index in [4.69, 9.17) is 5.73 Å². The van der Waals surface area contributed by atoms with Crippen LogP contribution in [-0.2, 0) is 0 Å². The molecule has 3 heteroatoms. The number of nitrogen functional groups attached to an aromatic ring is 1. The number of anilines is 2. The maximum atomic E-state index is 5.48. The van der Waals surface area contributed by atoms with Gasteiger partial charge in [0, 0.05) is 6.54 Å². The maximum Gasteiger partial charge on any atom is 0.123 e. The summed E-state index contributed by atoms with van der Waals surface area (Å²) in [7, 11) is 0. The third-order valence-electron chi connectivity index (χ3n) is 2.63. The molecule has 70 valence electrons. The number of hydrogen-bond donors (Lipinski definition) is 2. The first-order valence-electron chi connectivity index (χ1n) is 4.71. The van der Waals surface area contributed by atoms with Crippen molar-refractivity contribution in [3.05, 3.63) is 18.3 Å². The molecule has 1 saturated carbocycles. The topological polar surface area (TPSA) is 50.9 Å². The quantitative estimate of drug-likeness (QED) is 0.739. The van der Waals surface area contributed by atoms with Gasteiger partial charge in [-0.15, -0.1) is 0 Å². The lowest BCUT2D eigenvalue weighted by Gasteiger charge is -2.04. The van der Waals surface area contributed by atoms with Crippen LogP contribution in [0.1, 0.15) is 13.3 Å². The molecule has 0 saturated heterocycles. The van der Waals surface area contributed by atoms with E-state index in [0.29, 0.717) is 5.82 Å². The van der Waals surface area contributed by atoms with Gasteiger partial charge in [0.05, 0.1) is 11.9 Å². The average molecular weight is 177 g/mol. The Morgan fingerprint density at radius 1 is 1.62 bits per heavy atom. The molecule has 1 aromatic heterocycles. The second kappa shape index (κ2) is 3.24. The Balaban J connectivity index is 1.84. The first kappa shape index (κ1) is 8.35. The van der Waals surface area contributed by atoms with E-state index in [1.807, 2.05) is 12.1 Å². The van der Waals surface area contributed by atoms with E-state index >= 15 is 0 Å². The Morgan fingerprint density at radius 2 is 2.38 bits per heavy atom. The Morgan fingerprint density at radius 3 is 2.92 bits per heavy atom. The number of rotatable bonds is 3. The Kier molecular flexibility index (Phi) is 2.08. The molecule has 1 aliphatic rings. The zero-order valence-electron chi connectivity index (χ0n) is 7.83. The van der Waals surface area contributed by atoms with Gasteiger partial charge in [0.2, 0.25) is 0 Å². The van der Waals surface area contributed by atoms with Gasteiger partial charge in [0.1, 0.15) is 5.82 Å². The predicted octanol–water partition coefficient (Wildman–Crippen LogP) is 1.73. The highest BCUT2D eigenvalue weighted by Gasteiger charge is 2.31. The minimum Gasteiger partial charge on any atom is -0.384 e. The van der Waals surface area contributed by atoms with Crippen molar-refractivity contribution in [2.75, 3.05) is 17.6 Å². The van der Waals surface area contributed by atoms with Gasteiger partial charge in [0.25, 0.3) is 0 Å². The van der Waals surface area contributed by atoms with E-state index in [1.54, 1.807) is 6.20 Å². The van der Waals surface area contributed by atoms with E-state index in [9.17, 15) is 0 Å². The monoisotopic (exact) mass is 177 g/mol. The Hall–Kier alpha value is -1.25. The smallest absolute Gasteiger partial charge is 0.123 e. The number of nitrogens with zero attached hydrogens (tertiary/aromatic N) is 1. The summed E-state index contributed by atoms with van der Waals surface area (Å²) in [6.07, 6.45) is 3.14. The lowest BCUT2D eigenvalue weighted by Crippen LogP contribution is -2.04. The molecule has 3 nitrogen and oxygen atoms in total. The Labute approximate surface area is 78.4 Å². The van der Waals surface area contributed by atoms with Crippen LogP contribution in [0.4, 0.5) is 11.5 Å². The van der Waals surface area contributed by atoms with Crippen molar-refractivity contribution >= 4 is 11.5 Å². The van der Waals surface area contributed by atoms with Crippen molar-refractivity contribution in [3.8, 4) is 0 Å². The van der Waals surface area contributed by atoms with Gasteiger partial charge < -0.3 is 11.1 Å². The van der Waals surface area contributed by atoms with Crippen LogP contribution in [0.5, 0.6) is 0 Å². The van der Waals surface area contributed by atoms with Gasteiger partial charge in [-0.2, -0.15) is 0 Å². The van der Waals surface area contributed by atoms with Crippen LogP contribution >= 0.6 is 0 Å². The second-order valence-electron chi connectivity index (χ2n) is 3.83. The Bertz CT molecular complexity index is 281. The number of pyridine rings is 1. The van der Waals surface area contributed by atoms with Crippen LogP contribution in [-0.4, -0.2) is 11.5 Å². The molecule has 1 aromatic rings. The molecular formula is C10H15N3. The molecule has 1 heterocycles. The van der Waals surface area contributed by atoms with Gasteiger partial charge in [-0.05, 0) is 30.4 Å². The third kappa shape index (κ3) is 2.11. The van der Waals surface area contributed by atoms with Crippen LogP contribution in [0, 0.1) is 11.8 Å². The molecular weight excluding hydrogens is 162 g/mol. The van der Waals surface area contributed by atoms with Crippen molar-refractivity contribution < 1.29 is 0 Å². The van der Waals surface area contributed by atoms with Crippen molar-refractivity contribution in [2.24, 2.45) is 11.8 Å². The van der Waals surface area contributed by atoms with Gasteiger partial charge >= 0.3 is 0 Å². The van der Waals surface area contributed by atoms with Gasteiger partial charge in [-0.1, -0.05) is 6.92 Å². The molecule has 0 radical (unpaired) electrons. The van der Waals surface area contributed by atoms with Crippen molar-refractivity contribution in [1.29, 1.82) is 0 Å². The van der Waals surface area contributed by atoms with Crippen LogP contribution in [0.15, 0.2) is 18.3 Å². The van der Waals surface area contributed by atoms with Gasteiger partial charge in [-0.3, -0.25) is 0 Å². The first-order valence-corrected chi connectivity index (χ1v) is 4.71. The van der Waals surface area contributed by atoms with Crippen LogP contribution in [0.3, 0.4) is 0 Å². The first-order chi connectivity index (χ1) is 6.25. The SMILES string of the molecule is CC1CC1CNc1ccc(N)nc1. The lowest BCUT2D eigenvalue weighted by atomic mass is 10.3. The molecule has 1 fully saturated rings. The van der Waals surface area contributed by atoms with Crippen LogP contribution in [0.2, 0.25) is 0 Å². The van der Waals surface area contributed by atoms with Crippen molar-refractivity contribution in [3.63, 3.8) is 0 Å². The summed E-state index contributed by atoms with van der Waals surface area (Å²) in [5.41, 5.74) is 6.54. The number of nitrogens with two attached hydrogens (primary N) is 1. The second-order valence-corrected chi connectivity index (χ2v) is 3.83. The van der Waals surface area contributed by atoms with Crippen molar-refractivity contribution in [1.82, 2.24) is 4.98 Å². The molecule has 0 amide bonds. The minimum absolute atomic E-state index is 0.574. The molecule has 13 heavy (non-hydrogen) atoms. The molecule has 3 N–H and O–H groups in total. The third-order valence-corrected chi connectivity index (χ3v) is 2.63. The number of hydrogen-bond acceptors (Lipinski definition) is 3. The van der Waals surface area contributed by atoms with E-state index in [0.717, 1.165) is 24.1 Å². The van der Waals surface area contributed by atoms with Gasteiger partial charge in [-0.25, -0.2) is 4.98 Å². The molecule has 2 rings (SSSR count). The molecule has 2 unspecified atom stereocenters.